The molecule has 0 aromatic heterocycles. The zero-order valence-electron chi connectivity index (χ0n) is 16.1. The summed E-state index contributed by atoms with van der Waals surface area (Å²) < 4.78 is 59.9. The van der Waals surface area contributed by atoms with Gasteiger partial charge in [0.05, 0.1) is 14.9 Å². The van der Waals surface area contributed by atoms with Gasteiger partial charge in [-0.1, -0.05) is 50.3 Å². The summed E-state index contributed by atoms with van der Waals surface area (Å²) in [4.78, 5) is 12.5. The highest BCUT2D eigenvalue weighted by Gasteiger charge is 2.61. The van der Waals surface area contributed by atoms with E-state index in [9.17, 15) is 22.4 Å². The van der Waals surface area contributed by atoms with Crippen LogP contribution in [0, 0.1) is 23.1 Å². The van der Waals surface area contributed by atoms with Gasteiger partial charge < -0.3 is 4.74 Å². The van der Waals surface area contributed by atoms with Crippen LogP contribution in [0.5, 0.6) is 0 Å². The Labute approximate surface area is 188 Å². The van der Waals surface area contributed by atoms with Crippen LogP contribution in [0.15, 0.2) is 51.9 Å². The fourth-order valence-corrected chi connectivity index (χ4v) is 4.16. The molecule has 2 atom stereocenters. The predicted octanol–water partition coefficient (Wildman–Crippen LogP) is 7.46. The highest BCUT2D eigenvalue weighted by atomic mass is 79.9. The van der Waals surface area contributed by atoms with Gasteiger partial charge in [-0.3, -0.25) is 4.79 Å². The van der Waals surface area contributed by atoms with Crippen LogP contribution in [-0.2, 0) is 22.3 Å². The lowest BCUT2D eigenvalue weighted by atomic mass is 10.00. The summed E-state index contributed by atoms with van der Waals surface area (Å²) in [6.07, 6.45) is -2.65. The number of ether oxygens (including phenoxy) is 1. The summed E-state index contributed by atoms with van der Waals surface area (Å²) in [5.41, 5.74) is -0.908. The highest BCUT2D eigenvalue weighted by molar-refractivity contribution is 9.28. The number of esters is 1. The summed E-state index contributed by atoms with van der Waals surface area (Å²) in [5, 5.41) is 0. The molecule has 2 aromatic carbocycles. The van der Waals surface area contributed by atoms with Crippen molar-refractivity contribution in [3.63, 3.8) is 0 Å². The van der Waals surface area contributed by atoms with E-state index in [-0.39, 0.29) is 40.5 Å². The summed E-state index contributed by atoms with van der Waals surface area (Å²) in [6.45, 7) is 3.59. The first-order chi connectivity index (χ1) is 13.9. The first-order valence-electron chi connectivity index (χ1n) is 9.07. The summed E-state index contributed by atoms with van der Waals surface area (Å²) in [7, 11) is 0. The SMILES string of the molecule is CC1(C)C(C=C(Br)Br)C1C(=O)OCc1cccc(-c2cccc(C(F)(F)F)c2)c1F. The maximum Gasteiger partial charge on any atom is 0.416 e. The van der Waals surface area contributed by atoms with Gasteiger partial charge in [-0.2, -0.15) is 13.2 Å². The second kappa shape index (κ2) is 8.46. The molecule has 1 aliphatic carbocycles. The smallest absolute Gasteiger partial charge is 0.416 e. The van der Waals surface area contributed by atoms with E-state index in [4.69, 9.17) is 4.74 Å². The molecule has 3 rings (SSSR count). The second-order valence-electron chi connectivity index (χ2n) is 7.75. The molecule has 0 saturated heterocycles. The van der Waals surface area contributed by atoms with Crippen LogP contribution < -0.4 is 0 Å². The van der Waals surface area contributed by atoms with Gasteiger partial charge in [0.25, 0.3) is 0 Å². The quantitative estimate of drug-likeness (QED) is 0.286. The first kappa shape index (κ1) is 23.0. The van der Waals surface area contributed by atoms with Crippen molar-refractivity contribution >= 4 is 37.8 Å². The van der Waals surface area contributed by atoms with Crippen LogP contribution in [-0.4, -0.2) is 5.97 Å². The Hall–Kier alpha value is -1.67. The molecular weight excluding hydrogens is 532 g/mol. The Morgan fingerprint density at radius 1 is 1.17 bits per heavy atom. The molecule has 30 heavy (non-hydrogen) atoms. The van der Waals surface area contributed by atoms with Crippen molar-refractivity contribution in [1.82, 2.24) is 0 Å². The van der Waals surface area contributed by atoms with Crippen LogP contribution in [0.25, 0.3) is 11.1 Å². The van der Waals surface area contributed by atoms with Crippen LogP contribution in [0.1, 0.15) is 25.0 Å². The third-order valence-electron chi connectivity index (χ3n) is 5.42. The normalized spacial score (nSPS) is 19.9. The average molecular weight is 550 g/mol. The number of benzene rings is 2. The number of hydrogen-bond donors (Lipinski definition) is 0. The lowest BCUT2D eigenvalue weighted by molar-refractivity contribution is -0.147. The maximum absolute atomic E-state index is 15.0. The molecule has 0 heterocycles. The third kappa shape index (κ3) is 4.80. The minimum absolute atomic E-state index is 0.0139. The predicted molar refractivity (Wildman–Crippen MR) is 113 cm³/mol. The standard InChI is InChI=1S/C22H18Br2F4O2/c1-21(2)16(10-17(23)24)18(21)20(29)30-11-13-6-4-8-15(19(13)25)12-5-3-7-14(9-12)22(26,27)28/h3-10,16,18H,11H2,1-2H3. The monoisotopic (exact) mass is 548 g/mol. The number of rotatable bonds is 5. The summed E-state index contributed by atoms with van der Waals surface area (Å²) >= 11 is 6.56. The number of halogens is 6. The van der Waals surface area contributed by atoms with Crippen LogP contribution >= 0.6 is 31.9 Å². The Kier molecular flexibility index (Phi) is 6.49. The molecule has 1 fully saturated rings. The van der Waals surface area contributed by atoms with Crippen molar-refractivity contribution in [2.45, 2.75) is 26.6 Å². The molecule has 8 heteroatoms. The van der Waals surface area contributed by atoms with E-state index in [1.165, 1.54) is 30.3 Å². The van der Waals surface area contributed by atoms with Gasteiger partial charge in [-0.25, -0.2) is 4.39 Å². The Balaban J connectivity index is 1.77. The largest absolute Gasteiger partial charge is 0.460 e. The highest BCUT2D eigenvalue weighted by Crippen LogP contribution is 2.60. The fourth-order valence-electron chi connectivity index (χ4n) is 3.59. The molecule has 2 unspecified atom stereocenters. The fraction of sp³-hybridized carbons (Fsp3) is 0.318. The van der Waals surface area contributed by atoms with E-state index in [1.54, 1.807) is 0 Å². The zero-order chi connectivity index (χ0) is 22.3. The second-order valence-corrected chi connectivity index (χ2v) is 10.5. The van der Waals surface area contributed by atoms with Crippen molar-refractivity contribution in [2.24, 2.45) is 17.3 Å². The van der Waals surface area contributed by atoms with E-state index in [1.807, 2.05) is 19.9 Å². The number of carbonyl (C=O) groups excluding carboxylic acids is 1. The van der Waals surface area contributed by atoms with Gasteiger partial charge >= 0.3 is 12.1 Å². The van der Waals surface area contributed by atoms with E-state index >= 15 is 0 Å². The van der Waals surface area contributed by atoms with Crippen molar-refractivity contribution < 1.29 is 27.1 Å². The molecule has 1 saturated carbocycles. The van der Waals surface area contributed by atoms with Gasteiger partial charge in [0.2, 0.25) is 0 Å². The Morgan fingerprint density at radius 2 is 1.83 bits per heavy atom. The lowest BCUT2D eigenvalue weighted by Gasteiger charge is -2.12. The zero-order valence-corrected chi connectivity index (χ0v) is 19.2. The molecule has 2 aromatic rings. The number of carbonyl (C=O) groups is 1. The van der Waals surface area contributed by atoms with Crippen LogP contribution in [0.3, 0.4) is 0 Å². The minimum atomic E-state index is -4.52. The van der Waals surface area contributed by atoms with E-state index in [0.29, 0.717) is 0 Å². The molecule has 160 valence electrons. The Morgan fingerprint density at radius 3 is 2.47 bits per heavy atom. The van der Waals surface area contributed by atoms with Crippen LogP contribution in [0.4, 0.5) is 17.6 Å². The number of allylic oxidation sites excluding steroid dienone is 1. The molecule has 0 aliphatic heterocycles. The molecule has 0 amide bonds. The van der Waals surface area contributed by atoms with E-state index in [0.717, 1.165) is 15.5 Å². The van der Waals surface area contributed by atoms with Crippen molar-refractivity contribution in [3.05, 3.63) is 68.9 Å². The van der Waals surface area contributed by atoms with Crippen molar-refractivity contribution in [3.8, 4) is 11.1 Å². The average Bonchev–Trinajstić information content (AvgIpc) is 3.19. The first-order valence-corrected chi connectivity index (χ1v) is 10.7. The lowest BCUT2D eigenvalue weighted by Crippen LogP contribution is -2.11. The number of hydrogen-bond acceptors (Lipinski definition) is 2. The molecule has 0 radical (unpaired) electrons. The van der Waals surface area contributed by atoms with Gasteiger partial charge in [-0.15, -0.1) is 0 Å². The maximum atomic E-state index is 15.0. The Bertz CT molecular complexity index is 995. The molecule has 0 bridgehead atoms. The molecule has 0 N–H and O–H groups in total. The van der Waals surface area contributed by atoms with Gasteiger partial charge in [0.1, 0.15) is 12.4 Å². The van der Waals surface area contributed by atoms with E-state index in [2.05, 4.69) is 31.9 Å². The number of alkyl halides is 3. The van der Waals surface area contributed by atoms with Gasteiger partial charge in [0.15, 0.2) is 0 Å². The minimum Gasteiger partial charge on any atom is -0.460 e. The molecule has 1 aliphatic rings. The van der Waals surface area contributed by atoms with Crippen LogP contribution in [0.2, 0.25) is 0 Å². The molecule has 2 nitrogen and oxygen atoms in total. The topological polar surface area (TPSA) is 26.3 Å². The van der Waals surface area contributed by atoms with Gasteiger partial charge in [-0.05, 0) is 60.9 Å². The molecular formula is C22H18Br2F4O2. The van der Waals surface area contributed by atoms with Crippen molar-refractivity contribution in [2.75, 3.05) is 0 Å². The van der Waals surface area contributed by atoms with E-state index < -0.39 is 23.5 Å². The molecule has 0 spiro atoms. The summed E-state index contributed by atoms with van der Waals surface area (Å²) in [5.74, 6) is -1.51. The van der Waals surface area contributed by atoms with Crippen molar-refractivity contribution in [1.29, 1.82) is 0 Å². The van der Waals surface area contributed by atoms with Gasteiger partial charge in [0, 0.05) is 11.1 Å². The summed E-state index contributed by atoms with van der Waals surface area (Å²) in [6, 6.07) is 8.84. The third-order valence-corrected chi connectivity index (χ3v) is 5.95.